The minimum Gasteiger partial charge on any atom is -0.497 e. The lowest BCUT2D eigenvalue weighted by Gasteiger charge is -2.16. The van der Waals surface area contributed by atoms with E-state index >= 15 is 0 Å². The summed E-state index contributed by atoms with van der Waals surface area (Å²) in [6, 6.07) is 19.2. The minimum absolute atomic E-state index is 0.0853. The van der Waals surface area contributed by atoms with Crippen LogP contribution in [0.1, 0.15) is 5.56 Å². The number of nitrogens with one attached hydrogen (secondary N) is 1. The van der Waals surface area contributed by atoms with Crippen molar-refractivity contribution in [2.24, 2.45) is 0 Å². The fourth-order valence-electron chi connectivity index (χ4n) is 2.75. The molecule has 0 saturated heterocycles. The lowest BCUT2D eigenvalue weighted by Crippen LogP contribution is -2.08. The van der Waals surface area contributed by atoms with Crippen molar-refractivity contribution in [2.75, 3.05) is 12.4 Å². The fourth-order valence-corrected chi connectivity index (χ4v) is 2.75. The van der Waals surface area contributed by atoms with Crippen molar-refractivity contribution in [3.05, 3.63) is 90.8 Å². The van der Waals surface area contributed by atoms with Gasteiger partial charge in [0.05, 0.1) is 7.11 Å². The average molecular weight is 377 g/mol. The number of methoxy groups -OCH3 is 1. The summed E-state index contributed by atoms with van der Waals surface area (Å²) in [6.07, 6.45) is 1.20. The number of halogens is 1. The first-order valence-electron chi connectivity index (χ1n) is 8.69. The lowest BCUT2D eigenvalue weighted by molar-refractivity contribution is -0.111. The number of carbonyl (C=O) groups is 1. The van der Waals surface area contributed by atoms with Gasteiger partial charge in [-0.05, 0) is 36.4 Å². The molecule has 0 aliphatic carbocycles. The number of amides is 1. The molecule has 0 unspecified atom stereocenters. The van der Waals surface area contributed by atoms with Gasteiger partial charge in [-0.15, -0.1) is 0 Å². The number of hydrogen-bond acceptors (Lipinski definition) is 3. The smallest absolute Gasteiger partial charge is 0.247 e. The van der Waals surface area contributed by atoms with Gasteiger partial charge < -0.3 is 14.8 Å². The van der Waals surface area contributed by atoms with Gasteiger partial charge in [0.25, 0.3) is 0 Å². The molecule has 0 aromatic heterocycles. The summed E-state index contributed by atoms with van der Waals surface area (Å²) in [5, 5.41) is 2.79. The summed E-state index contributed by atoms with van der Waals surface area (Å²) in [7, 11) is 1.57. The molecule has 0 spiro atoms. The van der Waals surface area contributed by atoms with Gasteiger partial charge in [-0.2, -0.15) is 0 Å². The Kier molecular flexibility index (Phi) is 6.07. The first-order chi connectivity index (χ1) is 13.6. The Morgan fingerprint density at radius 2 is 1.82 bits per heavy atom. The highest BCUT2D eigenvalue weighted by Gasteiger charge is 2.14. The van der Waals surface area contributed by atoms with Crippen LogP contribution in [0.4, 0.5) is 10.1 Å². The maximum absolute atomic E-state index is 13.9. The van der Waals surface area contributed by atoms with Crippen LogP contribution >= 0.6 is 0 Å². The van der Waals surface area contributed by atoms with Crippen molar-refractivity contribution in [1.29, 1.82) is 0 Å². The van der Waals surface area contributed by atoms with Gasteiger partial charge in [-0.25, -0.2) is 4.39 Å². The summed E-state index contributed by atoms with van der Waals surface area (Å²) in [5.74, 6) is 0.556. The highest BCUT2D eigenvalue weighted by Crippen LogP contribution is 2.37. The van der Waals surface area contributed by atoms with Gasteiger partial charge in [0.15, 0.2) is 0 Å². The van der Waals surface area contributed by atoms with Crippen LogP contribution in [-0.4, -0.2) is 13.0 Å². The second-order valence-electron chi connectivity index (χ2n) is 5.98. The zero-order valence-corrected chi connectivity index (χ0v) is 15.4. The largest absolute Gasteiger partial charge is 0.497 e. The van der Waals surface area contributed by atoms with E-state index in [0.29, 0.717) is 22.7 Å². The second-order valence-corrected chi connectivity index (χ2v) is 5.98. The third kappa shape index (κ3) is 4.38. The second kappa shape index (κ2) is 8.86. The Hall–Kier alpha value is -3.60. The zero-order valence-electron chi connectivity index (χ0n) is 15.4. The topological polar surface area (TPSA) is 47.6 Å². The molecule has 142 valence electrons. The van der Waals surface area contributed by atoms with E-state index in [-0.39, 0.29) is 18.3 Å². The Morgan fingerprint density at radius 1 is 1.07 bits per heavy atom. The standard InChI is InChI=1S/C23H20FNO3/c1-3-23(26)25-21-13-12-17(27-2)14-19(21)18-9-5-7-11-22(18)28-15-16-8-4-6-10-20(16)24/h3-14H,1,15H2,2H3,(H,25,26). The molecule has 3 aromatic rings. The predicted octanol–water partition coefficient (Wildman–Crippen LogP) is 5.20. The van der Waals surface area contributed by atoms with E-state index in [1.807, 2.05) is 24.3 Å². The Balaban J connectivity index is 1.98. The van der Waals surface area contributed by atoms with E-state index in [0.717, 1.165) is 11.1 Å². The molecule has 0 aliphatic heterocycles. The molecule has 0 aliphatic rings. The summed E-state index contributed by atoms with van der Waals surface area (Å²) in [4.78, 5) is 11.8. The SMILES string of the molecule is C=CC(=O)Nc1ccc(OC)cc1-c1ccccc1OCc1ccccc1F. The number of carbonyl (C=O) groups excluding carboxylic acids is 1. The summed E-state index contributed by atoms with van der Waals surface area (Å²) in [6.45, 7) is 3.57. The maximum atomic E-state index is 13.9. The number of benzene rings is 3. The molecule has 0 fully saturated rings. The van der Waals surface area contributed by atoms with Gasteiger partial charge in [-0.1, -0.05) is 43.0 Å². The third-order valence-electron chi connectivity index (χ3n) is 4.19. The van der Waals surface area contributed by atoms with Crippen LogP contribution in [0.25, 0.3) is 11.1 Å². The van der Waals surface area contributed by atoms with E-state index in [2.05, 4.69) is 11.9 Å². The molecular formula is C23H20FNO3. The van der Waals surface area contributed by atoms with Crippen LogP contribution in [0.15, 0.2) is 79.4 Å². The van der Waals surface area contributed by atoms with Crippen molar-refractivity contribution in [3.8, 4) is 22.6 Å². The monoisotopic (exact) mass is 377 g/mol. The molecule has 3 aromatic carbocycles. The lowest BCUT2D eigenvalue weighted by atomic mass is 10.0. The zero-order chi connectivity index (χ0) is 19.9. The summed E-state index contributed by atoms with van der Waals surface area (Å²) < 4.78 is 25.1. The highest BCUT2D eigenvalue weighted by molar-refractivity contribution is 6.02. The number of anilines is 1. The van der Waals surface area contributed by atoms with Gasteiger partial charge in [-0.3, -0.25) is 4.79 Å². The van der Waals surface area contributed by atoms with Crippen molar-refractivity contribution < 1.29 is 18.7 Å². The molecule has 4 nitrogen and oxygen atoms in total. The first-order valence-corrected chi connectivity index (χ1v) is 8.69. The van der Waals surface area contributed by atoms with E-state index in [1.54, 1.807) is 43.5 Å². The normalized spacial score (nSPS) is 10.2. The quantitative estimate of drug-likeness (QED) is 0.576. The van der Waals surface area contributed by atoms with E-state index in [9.17, 15) is 9.18 Å². The van der Waals surface area contributed by atoms with Gasteiger partial charge >= 0.3 is 0 Å². The molecule has 0 heterocycles. The average Bonchev–Trinajstić information content (AvgIpc) is 2.73. The third-order valence-corrected chi connectivity index (χ3v) is 4.19. The van der Waals surface area contributed by atoms with Gasteiger partial charge in [0.1, 0.15) is 23.9 Å². The minimum atomic E-state index is -0.323. The van der Waals surface area contributed by atoms with Crippen molar-refractivity contribution in [3.63, 3.8) is 0 Å². The van der Waals surface area contributed by atoms with E-state index < -0.39 is 0 Å². The summed E-state index contributed by atoms with van der Waals surface area (Å²) >= 11 is 0. The molecular weight excluding hydrogens is 357 g/mol. The highest BCUT2D eigenvalue weighted by atomic mass is 19.1. The Morgan fingerprint density at radius 3 is 2.57 bits per heavy atom. The van der Waals surface area contributed by atoms with Crippen LogP contribution in [0.2, 0.25) is 0 Å². The Labute approximate surface area is 163 Å². The predicted molar refractivity (Wildman–Crippen MR) is 108 cm³/mol. The molecule has 28 heavy (non-hydrogen) atoms. The van der Waals surface area contributed by atoms with Crippen molar-refractivity contribution in [2.45, 2.75) is 6.61 Å². The first kappa shape index (κ1) is 19.2. The number of para-hydroxylation sites is 1. The van der Waals surface area contributed by atoms with Gasteiger partial charge in [0.2, 0.25) is 5.91 Å². The van der Waals surface area contributed by atoms with Crippen LogP contribution in [0.5, 0.6) is 11.5 Å². The summed E-state index contributed by atoms with van der Waals surface area (Å²) in [5.41, 5.74) is 2.52. The van der Waals surface area contributed by atoms with Gasteiger partial charge in [0, 0.05) is 22.4 Å². The molecule has 1 amide bonds. The van der Waals surface area contributed by atoms with Crippen LogP contribution < -0.4 is 14.8 Å². The molecule has 5 heteroatoms. The van der Waals surface area contributed by atoms with Crippen LogP contribution in [0, 0.1) is 5.82 Å². The Bertz CT molecular complexity index is 1000. The molecule has 3 rings (SSSR count). The molecule has 0 radical (unpaired) electrons. The molecule has 1 N–H and O–H groups in total. The van der Waals surface area contributed by atoms with Crippen LogP contribution in [-0.2, 0) is 11.4 Å². The maximum Gasteiger partial charge on any atom is 0.247 e. The fraction of sp³-hybridized carbons (Fsp3) is 0.0870. The van der Waals surface area contributed by atoms with Crippen molar-refractivity contribution >= 4 is 11.6 Å². The molecule has 0 atom stereocenters. The molecule has 0 bridgehead atoms. The number of ether oxygens (including phenoxy) is 2. The number of rotatable bonds is 7. The molecule has 0 saturated carbocycles. The number of hydrogen-bond donors (Lipinski definition) is 1. The van der Waals surface area contributed by atoms with E-state index in [1.165, 1.54) is 12.1 Å². The van der Waals surface area contributed by atoms with Crippen LogP contribution in [0.3, 0.4) is 0 Å². The van der Waals surface area contributed by atoms with E-state index in [4.69, 9.17) is 9.47 Å². The van der Waals surface area contributed by atoms with Crippen molar-refractivity contribution in [1.82, 2.24) is 0 Å².